The molecule has 6 nitrogen and oxygen atoms in total. The average molecular weight is 371 g/mol. The first-order valence-electron chi connectivity index (χ1n) is 8.56. The molecular weight excluding hydrogens is 344 g/mol. The van der Waals surface area contributed by atoms with Crippen LogP contribution in [0.15, 0.2) is 29.3 Å². The van der Waals surface area contributed by atoms with Crippen LogP contribution in [0.3, 0.4) is 0 Å². The lowest BCUT2D eigenvalue weighted by Crippen LogP contribution is -2.50. The van der Waals surface area contributed by atoms with Crippen molar-refractivity contribution in [1.82, 2.24) is 10.2 Å². The molecule has 0 bridgehead atoms. The Labute approximate surface area is 153 Å². The molecule has 1 N–H and O–H groups in total. The van der Waals surface area contributed by atoms with E-state index in [0.29, 0.717) is 26.3 Å². The molecule has 1 aromatic carbocycles. The first-order valence-corrected chi connectivity index (χ1v) is 8.56. The van der Waals surface area contributed by atoms with Crippen molar-refractivity contribution >= 4 is 5.96 Å². The fraction of sp³-hybridized carbons (Fsp3) is 0.611. The number of ether oxygens (including phenoxy) is 3. The number of nitrogens with one attached hydrogen (secondary N) is 1. The number of alkyl halides is 2. The van der Waals surface area contributed by atoms with Crippen LogP contribution in [0.1, 0.15) is 18.4 Å². The third kappa shape index (κ3) is 5.81. The summed E-state index contributed by atoms with van der Waals surface area (Å²) < 4.78 is 39.9. The van der Waals surface area contributed by atoms with Crippen molar-refractivity contribution in [2.24, 2.45) is 4.99 Å². The van der Waals surface area contributed by atoms with Crippen molar-refractivity contribution in [3.05, 3.63) is 29.8 Å². The molecule has 0 aromatic heterocycles. The highest BCUT2D eigenvalue weighted by molar-refractivity contribution is 5.79. The fourth-order valence-electron chi connectivity index (χ4n) is 2.95. The van der Waals surface area contributed by atoms with Crippen LogP contribution in [0.25, 0.3) is 0 Å². The highest BCUT2D eigenvalue weighted by atomic mass is 19.3. The van der Waals surface area contributed by atoms with Crippen molar-refractivity contribution in [2.75, 3.05) is 41.0 Å². The van der Waals surface area contributed by atoms with E-state index in [1.54, 1.807) is 26.3 Å². The molecule has 1 fully saturated rings. The van der Waals surface area contributed by atoms with Crippen molar-refractivity contribution in [3.8, 4) is 5.75 Å². The number of hydrogen-bond acceptors (Lipinski definition) is 4. The zero-order chi connectivity index (χ0) is 19.0. The fourth-order valence-corrected chi connectivity index (χ4v) is 2.95. The van der Waals surface area contributed by atoms with Crippen LogP contribution in [0.2, 0.25) is 0 Å². The van der Waals surface area contributed by atoms with Gasteiger partial charge in [0.2, 0.25) is 0 Å². The van der Waals surface area contributed by atoms with Crippen LogP contribution in [0.5, 0.6) is 5.75 Å². The summed E-state index contributed by atoms with van der Waals surface area (Å²) in [5.41, 5.74) is 0.716. The van der Waals surface area contributed by atoms with E-state index >= 15 is 0 Å². The van der Waals surface area contributed by atoms with E-state index in [-0.39, 0.29) is 11.4 Å². The Morgan fingerprint density at radius 3 is 2.50 bits per heavy atom. The van der Waals surface area contributed by atoms with Crippen LogP contribution in [0.4, 0.5) is 8.78 Å². The summed E-state index contributed by atoms with van der Waals surface area (Å²) in [5.74, 6) is 0.885. The minimum Gasteiger partial charge on any atom is -0.435 e. The van der Waals surface area contributed by atoms with E-state index in [2.05, 4.69) is 15.0 Å². The van der Waals surface area contributed by atoms with Crippen LogP contribution in [-0.2, 0) is 16.0 Å². The van der Waals surface area contributed by atoms with Crippen molar-refractivity contribution < 1.29 is 23.0 Å². The van der Waals surface area contributed by atoms with Gasteiger partial charge in [-0.3, -0.25) is 4.99 Å². The minimum absolute atomic E-state index is 0.149. The standard InChI is InChI=1S/C18H27F2N3O3/c1-21-17(22-13-18(24-3)8-10-25-11-9-18)23(2)12-14-4-6-15(7-5-14)26-16(19)20/h4-7,16H,8-13H2,1-3H3,(H,21,22). The Kier molecular flexibility index (Phi) is 7.59. The van der Waals surface area contributed by atoms with Crippen LogP contribution in [0, 0.1) is 0 Å². The van der Waals surface area contributed by atoms with E-state index in [1.807, 2.05) is 11.9 Å². The molecule has 1 saturated heterocycles. The van der Waals surface area contributed by atoms with E-state index in [9.17, 15) is 8.78 Å². The molecule has 0 atom stereocenters. The van der Waals surface area contributed by atoms with E-state index < -0.39 is 6.61 Å². The van der Waals surface area contributed by atoms with Gasteiger partial charge >= 0.3 is 6.61 Å². The summed E-state index contributed by atoms with van der Waals surface area (Å²) in [5, 5.41) is 3.36. The molecule has 146 valence electrons. The van der Waals surface area contributed by atoms with Gasteiger partial charge in [0.15, 0.2) is 5.96 Å². The van der Waals surface area contributed by atoms with Gasteiger partial charge < -0.3 is 24.4 Å². The van der Waals surface area contributed by atoms with Crippen molar-refractivity contribution in [2.45, 2.75) is 31.6 Å². The molecule has 0 radical (unpaired) electrons. The number of hydrogen-bond donors (Lipinski definition) is 1. The van der Waals surface area contributed by atoms with Gasteiger partial charge in [-0.15, -0.1) is 0 Å². The van der Waals surface area contributed by atoms with Gasteiger partial charge in [0.1, 0.15) is 5.75 Å². The minimum atomic E-state index is -2.81. The van der Waals surface area contributed by atoms with Gasteiger partial charge in [-0.05, 0) is 17.7 Å². The summed E-state index contributed by atoms with van der Waals surface area (Å²) in [6.45, 7) is -0.207. The van der Waals surface area contributed by atoms with E-state index in [4.69, 9.17) is 9.47 Å². The lowest BCUT2D eigenvalue weighted by atomic mass is 9.94. The maximum Gasteiger partial charge on any atom is 0.387 e. The molecule has 0 unspecified atom stereocenters. The Balaban J connectivity index is 1.90. The molecule has 0 saturated carbocycles. The van der Waals surface area contributed by atoms with Gasteiger partial charge in [0, 0.05) is 60.4 Å². The smallest absolute Gasteiger partial charge is 0.387 e. The molecule has 1 aliphatic rings. The molecule has 1 aliphatic heterocycles. The number of aliphatic imine (C=N–C) groups is 1. The maximum atomic E-state index is 12.2. The predicted molar refractivity (Wildman–Crippen MR) is 95.7 cm³/mol. The highest BCUT2D eigenvalue weighted by Gasteiger charge is 2.32. The summed E-state index contributed by atoms with van der Waals surface area (Å²) in [4.78, 5) is 6.28. The zero-order valence-corrected chi connectivity index (χ0v) is 15.5. The number of nitrogens with zero attached hydrogens (tertiary/aromatic N) is 2. The second-order valence-electron chi connectivity index (χ2n) is 6.28. The largest absolute Gasteiger partial charge is 0.435 e. The van der Waals surface area contributed by atoms with Crippen LogP contribution in [-0.4, -0.2) is 64.0 Å². The van der Waals surface area contributed by atoms with E-state index in [1.165, 1.54) is 12.1 Å². The van der Waals surface area contributed by atoms with Crippen LogP contribution < -0.4 is 10.1 Å². The second-order valence-corrected chi connectivity index (χ2v) is 6.28. The number of halogens is 2. The average Bonchev–Trinajstić information content (AvgIpc) is 2.64. The van der Waals surface area contributed by atoms with Gasteiger partial charge in [-0.1, -0.05) is 12.1 Å². The molecule has 0 aliphatic carbocycles. The molecule has 0 spiro atoms. The third-order valence-corrected chi connectivity index (χ3v) is 4.55. The quantitative estimate of drug-likeness (QED) is 0.590. The lowest BCUT2D eigenvalue weighted by molar-refractivity contribution is -0.0857. The predicted octanol–water partition coefficient (Wildman–Crippen LogP) is 2.49. The number of methoxy groups -OCH3 is 1. The summed E-state index contributed by atoms with van der Waals surface area (Å²) >= 11 is 0. The summed E-state index contributed by atoms with van der Waals surface area (Å²) in [7, 11) is 5.37. The van der Waals surface area contributed by atoms with E-state index in [0.717, 1.165) is 24.4 Å². The van der Waals surface area contributed by atoms with Gasteiger partial charge in [0.05, 0.1) is 5.60 Å². The molecule has 2 rings (SSSR count). The Morgan fingerprint density at radius 2 is 1.96 bits per heavy atom. The first-order chi connectivity index (χ1) is 12.5. The number of guanidine groups is 1. The molecule has 1 aromatic rings. The summed E-state index contributed by atoms with van der Waals surface area (Å²) in [6.07, 6.45) is 1.67. The molecule has 0 amide bonds. The van der Waals surface area contributed by atoms with Gasteiger partial charge in [-0.25, -0.2) is 0 Å². The monoisotopic (exact) mass is 371 g/mol. The topological polar surface area (TPSA) is 55.3 Å². The molecule has 26 heavy (non-hydrogen) atoms. The zero-order valence-electron chi connectivity index (χ0n) is 15.5. The SMILES string of the molecule is CN=C(NCC1(OC)CCOCC1)N(C)Cc1ccc(OC(F)F)cc1. The number of rotatable bonds is 7. The molecular formula is C18H27F2N3O3. The normalized spacial score (nSPS) is 17.2. The Bertz CT molecular complexity index is 576. The summed E-state index contributed by atoms with van der Waals surface area (Å²) in [6, 6.07) is 6.59. The first kappa shape index (κ1) is 20.4. The van der Waals surface area contributed by atoms with Gasteiger partial charge in [-0.2, -0.15) is 8.78 Å². The molecule has 1 heterocycles. The highest BCUT2D eigenvalue weighted by Crippen LogP contribution is 2.23. The molecule has 8 heteroatoms. The second kappa shape index (κ2) is 9.68. The third-order valence-electron chi connectivity index (χ3n) is 4.55. The van der Waals surface area contributed by atoms with Crippen molar-refractivity contribution in [1.29, 1.82) is 0 Å². The van der Waals surface area contributed by atoms with Crippen molar-refractivity contribution in [3.63, 3.8) is 0 Å². The van der Waals surface area contributed by atoms with Crippen LogP contribution >= 0.6 is 0 Å². The van der Waals surface area contributed by atoms with Gasteiger partial charge in [0.25, 0.3) is 0 Å². The Morgan fingerprint density at radius 1 is 1.31 bits per heavy atom. The number of benzene rings is 1. The Hall–Kier alpha value is -1.93. The maximum absolute atomic E-state index is 12.2. The lowest BCUT2D eigenvalue weighted by Gasteiger charge is -2.37.